The number of hydrogen-bond acceptors (Lipinski definition) is 6. The van der Waals surface area contributed by atoms with Crippen LogP contribution in [0.1, 0.15) is 29.2 Å². The molecule has 176 valence electrons. The van der Waals surface area contributed by atoms with Crippen molar-refractivity contribution in [2.75, 3.05) is 36.5 Å². The van der Waals surface area contributed by atoms with Gasteiger partial charge in [0.25, 0.3) is 11.6 Å². The molecule has 0 spiro atoms. The summed E-state index contributed by atoms with van der Waals surface area (Å²) in [5.41, 5.74) is 3.07. The zero-order valence-electron chi connectivity index (χ0n) is 18.0. The van der Waals surface area contributed by atoms with E-state index in [-0.39, 0.29) is 24.5 Å². The van der Waals surface area contributed by atoms with Crippen LogP contribution in [0.25, 0.3) is 5.78 Å². The summed E-state index contributed by atoms with van der Waals surface area (Å²) in [7, 11) is 0. The van der Waals surface area contributed by atoms with Gasteiger partial charge in [0.2, 0.25) is 5.91 Å². The number of alkyl halides is 3. The second-order valence-electron chi connectivity index (χ2n) is 7.72. The summed E-state index contributed by atoms with van der Waals surface area (Å²) in [6, 6.07) is 5.32. The summed E-state index contributed by atoms with van der Waals surface area (Å²) in [4.78, 5) is 22.5. The van der Waals surface area contributed by atoms with E-state index in [4.69, 9.17) is 16.3 Å². The van der Waals surface area contributed by atoms with E-state index >= 15 is 0 Å². The molecule has 3 heterocycles. The minimum atomic E-state index is -4.66. The van der Waals surface area contributed by atoms with Gasteiger partial charge in [-0.3, -0.25) is 4.79 Å². The predicted octanol–water partition coefficient (Wildman–Crippen LogP) is 3.82. The van der Waals surface area contributed by atoms with E-state index in [0.29, 0.717) is 54.0 Å². The molecule has 4 rings (SSSR count). The first-order valence-electron chi connectivity index (χ1n) is 10.4. The van der Waals surface area contributed by atoms with Crippen LogP contribution in [0.4, 0.5) is 24.5 Å². The van der Waals surface area contributed by atoms with Gasteiger partial charge in [-0.05, 0) is 44.0 Å². The Hall–Kier alpha value is -2.92. The molecule has 3 aromatic rings. The second kappa shape index (κ2) is 9.14. The molecule has 1 saturated heterocycles. The van der Waals surface area contributed by atoms with Crippen molar-refractivity contribution in [2.24, 2.45) is 0 Å². The molecule has 1 aromatic carbocycles. The summed E-state index contributed by atoms with van der Waals surface area (Å²) in [6.07, 6.45) is -4.28. The number of carbonyl (C=O) groups excluding carboxylic acids is 1. The van der Waals surface area contributed by atoms with Crippen molar-refractivity contribution in [3.05, 3.63) is 46.0 Å². The zero-order valence-corrected chi connectivity index (χ0v) is 18.8. The summed E-state index contributed by atoms with van der Waals surface area (Å²) < 4.78 is 45.4. The molecule has 1 aliphatic rings. The lowest BCUT2D eigenvalue weighted by Crippen LogP contribution is -2.36. The largest absolute Gasteiger partial charge is 0.453 e. The molecule has 1 aliphatic heterocycles. The number of fused-ring (bicyclic) bond motifs is 1. The highest BCUT2D eigenvalue weighted by Gasteiger charge is 2.37. The number of amides is 1. The fourth-order valence-corrected chi connectivity index (χ4v) is 4.00. The molecular weight excluding hydrogens is 461 g/mol. The number of halogens is 4. The van der Waals surface area contributed by atoms with E-state index in [1.807, 2.05) is 6.07 Å². The van der Waals surface area contributed by atoms with Gasteiger partial charge in [-0.1, -0.05) is 11.6 Å². The van der Waals surface area contributed by atoms with Crippen molar-refractivity contribution in [1.82, 2.24) is 19.6 Å². The number of morpholine rings is 1. The van der Waals surface area contributed by atoms with E-state index in [1.54, 1.807) is 26.0 Å². The first kappa shape index (κ1) is 23.2. The maximum atomic E-state index is 13.0. The number of ether oxygens (including phenoxy) is 1. The fourth-order valence-electron chi connectivity index (χ4n) is 3.83. The van der Waals surface area contributed by atoms with Gasteiger partial charge in [-0.2, -0.15) is 18.2 Å². The van der Waals surface area contributed by atoms with Crippen LogP contribution in [0.2, 0.25) is 5.02 Å². The Balaban J connectivity index is 1.51. The molecule has 2 aromatic heterocycles. The third kappa shape index (κ3) is 5.03. The molecule has 12 heteroatoms. The maximum absolute atomic E-state index is 13.0. The predicted molar refractivity (Wildman–Crippen MR) is 117 cm³/mol. The molecule has 0 unspecified atom stereocenters. The van der Waals surface area contributed by atoms with Crippen LogP contribution in [-0.2, 0) is 22.1 Å². The van der Waals surface area contributed by atoms with E-state index in [2.05, 4.69) is 25.3 Å². The fraction of sp³-hybridized carbons (Fsp3) is 0.429. The number of carbonyl (C=O) groups is 1. The standard InChI is InChI=1S/C21H22ClF3N6O2/c1-12-15(13(2)31-20(26-12)28-19(29-31)21(23,24)25)4-6-18(32)27-16-11-14(22)3-5-17(16)30-7-9-33-10-8-30/h3,5,11H,4,6-10H2,1-2H3,(H,27,32). The number of nitrogens with one attached hydrogen (secondary N) is 1. The maximum Gasteiger partial charge on any atom is 0.453 e. The third-order valence-corrected chi connectivity index (χ3v) is 5.72. The number of aryl methyl sites for hydroxylation is 2. The topological polar surface area (TPSA) is 84.6 Å². The van der Waals surface area contributed by atoms with Crippen molar-refractivity contribution >= 4 is 34.7 Å². The highest BCUT2D eigenvalue weighted by atomic mass is 35.5. The second-order valence-corrected chi connectivity index (χ2v) is 8.15. The van der Waals surface area contributed by atoms with Gasteiger partial charge in [0.1, 0.15) is 0 Å². The summed E-state index contributed by atoms with van der Waals surface area (Å²) >= 11 is 6.14. The Kier molecular flexibility index (Phi) is 6.44. The zero-order chi connectivity index (χ0) is 23.8. The minimum absolute atomic E-state index is 0.102. The van der Waals surface area contributed by atoms with E-state index < -0.39 is 12.0 Å². The van der Waals surface area contributed by atoms with Crippen LogP contribution < -0.4 is 10.2 Å². The number of rotatable bonds is 5. The highest BCUT2D eigenvalue weighted by molar-refractivity contribution is 6.31. The van der Waals surface area contributed by atoms with Crippen molar-refractivity contribution in [1.29, 1.82) is 0 Å². The summed E-state index contributed by atoms with van der Waals surface area (Å²) in [5.74, 6) is -1.62. The van der Waals surface area contributed by atoms with Gasteiger partial charge in [0.15, 0.2) is 0 Å². The van der Waals surface area contributed by atoms with Crippen molar-refractivity contribution in [2.45, 2.75) is 32.9 Å². The molecule has 1 amide bonds. The van der Waals surface area contributed by atoms with Gasteiger partial charge < -0.3 is 15.0 Å². The van der Waals surface area contributed by atoms with Gasteiger partial charge in [0.05, 0.1) is 24.6 Å². The minimum Gasteiger partial charge on any atom is -0.378 e. The molecule has 0 bridgehead atoms. The monoisotopic (exact) mass is 482 g/mol. The number of anilines is 2. The van der Waals surface area contributed by atoms with E-state index in [1.165, 1.54) is 0 Å². The average molecular weight is 483 g/mol. The lowest BCUT2D eigenvalue weighted by molar-refractivity contribution is -0.144. The highest BCUT2D eigenvalue weighted by Crippen LogP contribution is 2.30. The normalized spacial score (nSPS) is 14.7. The summed E-state index contributed by atoms with van der Waals surface area (Å²) in [6.45, 7) is 5.91. The smallest absolute Gasteiger partial charge is 0.378 e. The van der Waals surface area contributed by atoms with Crippen LogP contribution in [-0.4, -0.2) is 51.8 Å². The van der Waals surface area contributed by atoms with Gasteiger partial charge >= 0.3 is 6.18 Å². The van der Waals surface area contributed by atoms with E-state index in [0.717, 1.165) is 10.2 Å². The molecule has 0 radical (unpaired) electrons. The van der Waals surface area contributed by atoms with Crippen LogP contribution in [0.3, 0.4) is 0 Å². The molecule has 33 heavy (non-hydrogen) atoms. The molecule has 0 atom stereocenters. The van der Waals surface area contributed by atoms with Crippen LogP contribution in [0, 0.1) is 13.8 Å². The molecule has 1 N–H and O–H groups in total. The first-order valence-corrected chi connectivity index (χ1v) is 10.7. The Labute approximate surface area is 192 Å². The van der Waals surface area contributed by atoms with Gasteiger partial charge in [-0.15, -0.1) is 5.10 Å². The number of hydrogen-bond donors (Lipinski definition) is 1. The van der Waals surface area contributed by atoms with Crippen LogP contribution >= 0.6 is 11.6 Å². The Bertz CT molecular complexity index is 1190. The first-order chi connectivity index (χ1) is 15.6. The Morgan fingerprint density at radius 1 is 1.21 bits per heavy atom. The Morgan fingerprint density at radius 3 is 2.64 bits per heavy atom. The Morgan fingerprint density at radius 2 is 1.94 bits per heavy atom. The van der Waals surface area contributed by atoms with E-state index in [9.17, 15) is 18.0 Å². The summed E-state index contributed by atoms with van der Waals surface area (Å²) in [5, 5.41) is 6.95. The quantitative estimate of drug-likeness (QED) is 0.595. The van der Waals surface area contributed by atoms with Crippen LogP contribution in [0.5, 0.6) is 0 Å². The lowest BCUT2D eigenvalue weighted by atomic mass is 10.1. The lowest BCUT2D eigenvalue weighted by Gasteiger charge is -2.30. The van der Waals surface area contributed by atoms with Gasteiger partial charge in [0, 0.05) is 35.9 Å². The van der Waals surface area contributed by atoms with Crippen molar-refractivity contribution < 1.29 is 22.7 Å². The number of benzene rings is 1. The average Bonchev–Trinajstić information content (AvgIpc) is 3.19. The van der Waals surface area contributed by atoms with Crippen LogP contribution in [0.15, 0.2) is 18.2 Å². The number of aromatic nitrogens is 4. The molecular formula is C21H22ClF3N6O2. The van der Waals surface area contributed by atoms with Crippen molar-refractivity contribution in [3.8, 4) is 0 Å². The third-order valence-electron chi connectivity index (χ3n) is 5.49. The molecule has 0 saturated carbocycles. The molecule has 1 fully saturated rings. The molecule has 8 nitrogen and oxygen atoms in total. The van der Waals surface area contributed by atoms with Gasteiger partial charge in [-0.25, -0.2) is 9.50 Å². The SMILES string of the molecule is Cc1nc2nc(C(F)(F)F)nn2c(C)c1CCC(=O)Nc1cc(Cl)ccc1N1CCOCC1. The number of nitrogens with zero attached hydrogens (tertiary/aromatic N) is 5. The van der Waals surface area contributed by atoms with Crippen molar-refractivity contribution in [3.63, 3.8) is 0 Å². The molecule has 0 aliphatic carbocycles.